The lowest BCUT2D eigenvalue weighted by Gasteiger charge is -2.37. The van der Waals surface area contributed by atoms with Crippen LogP contribution in [-0.2, 0) is 21.8 Å². The van der Waals surface area contributed by atoms with Crippen molar-refractivity contribution in [2.24, 2.45) is 0 Å². The van der Waals surface area contributed by atoms with Crippen molar-refractivity contribution in [1.29, 1.82) is 0 Å². The Bertz CT molecular complexity index is 2350. The second kappa shape index (κ2) is 15.5. The van der Waals surface area contributed by atoms with Gasteiger partial charge in [-0.3, -0.25) is 4.79 Å². The Balaban J connectivity index is 0.840. The fourth-order valence-electron chi connectivity index (χ4n) is 7.00. The molecule has 2 fully saturated rings. The summed E-state index contributed by atoms with van der Waals surface area (Å²) in [6.45, 7) is 5.01. The smallest absolute Gasteiger partial charge is 0.351 e. The van der Waals surface area contributed by atoms with Crippen LogP contribution >= 0.6 is 0 Å². The fraction of sp³-hybridized carbons (Fsp3) is 0.275. The summed E-state index contributed by atoms with van der Waals surface area (Å²) in [5.41, 5.74) is 2.59. The Morgan fingerprint density at radius 1 is 0.839 bits per heavy atom. The zero-order chi connectivity index (χ0) is 38.8. The van der Waals surface area contributed by atoms with Crippen molar-refractivity contribution in [1.82, 2.24) is 29.1 Å². The number of aromatic nitrogens is 6. The molecule has 8 rings (SSSR count). The molecule has 2 aromatic heterocycles. The molecule has 0 saturated carbocycles. The lowest BCUT2D eigenvalue weighted by atomic mass is 10.0. The quantitative estimate of drug-likeness (QED) is 0.155. The molecule has 4 aromatic carbocycles. The molecule has 2 aliphatic heterocycles. The Labute approximate surface area is 319 Å². The van der Waals surface area contributed by atoms with Crippen LogP contribution in [0.5, 0.6) is 5.75 Å². The average Bonchev–Trinajstić information content (AvgIpc) is 3.98. The highest BCUT2D eigenvalue weighted by atomic mass is 19.1. The summed E-state index contributed by atoms with van der Waals surface area (Å²) in [6, 6.07) is 23.0. The lowest BCUT2D eigenvalue weighted by Crippen LogP contribution is -2.46. The first-order valence-corrected chi connectivity index (χ1v) is 18.0. The van der Waals surface area contributed by atoms with E-state index in [9.17, 15) is 22.8 Å². The number of carbonyl (C=O) groups is 1. The summed E-state index contributed by atoms with van der Waals surface area (Å²) in [5.74, 6) is -3.17. The van der Waals surface area contributed by atoms with Gasteiger partial charge in [0.15, 0.2) is 5.78 Å². The first-order chi connectivity index (χ1) is 27.2. The Morgan fingerprint density at radius 2 is 1.48 bits per heavy atom. The summed E-state index contributed by atoms with van der Waals surface area (Å²) in [7, 11) is 0. The number of ketones is 1. The number of benzene rings is 4. The van der Waals surface area contributed by atoms with Crippen LogP contribution in [0.1, 0.15) is 28.9 Å². The molecule has 0 aliphatic carbocycles. The van der Waals surface area contributed by atoms with Gasteiger partial charge in [-0.15, -0.1) is 0 Å². The third-order valence-corrected chi connectivity index (χ3v) is 10.0. The van der Waals surface area contributed by atoms with Crippen LogP contribution in [-0.4, -0.2) is 80.4 Å². The van der Waals surface area contributed by atoms with E-state index in [4.69, 9.17) is 14.2 Å². The normalized spacial score (nSPS) is 19.0. The van der Waals surface area contributed by atoms with Gasteiger partial charge in [-0.1, -0.05) is 0 Å². The number of hydrogen-bond donors (Lipinski definition) is 0. The van der Waals surface area contributed by atoms with Gasteiger partial charge in [0.05, 0.1) is 12.3 Å². The number of carbonyl (C=O) groups excluding carboxylic acids is 1. The molecule has 2 saturated heterocycles. The fourth-order valence-corrected chi connectivity index (χ4v) is 7.00. The van der Waals surface area contributed by atoms with Gasteiger partial charge in [0.25, 0.3) is 0 Å². The molecule has 16 heteroatoms. The van der Waals surface area contributed by atoms with E-state index in [1.54, 1.807) is 6.92 Å². The molecule has 6 aromatic rings. The number of hydrogen-bond acceptors (Lipinski definition) is 10. The maximum atomic E-state index is 14.9. The molecule has 0 N–H and O–H groups in total. The molecule has 56 heavy (non-hydrogen) atoms. The van der Waals surface area contributed by atoms with Crippen molar-refractivity contribution in [3.63, 3.8) is 0 Å². The van der Waals surface area contributed by atoms with Gasteiger partial charge in [-0.05, 0) is 91.9 Å². The summed E-state index contributed by atoms with van der Waals surface area (Å²) >= 11 is 0. The van der Waals surface area contributed by atoms with Crippen LogP contribution in [0.2, 0.25) is 0 Å². The number of nitrogens with zero attached hydrogens (tertiary/aromatic N) is 8. The van der Waals surface area contributed by atoms with Gasteiger partial charge in [0, 0.05) is 54.7 Å². The van der Waals surface area contributed by atoms with Crippen molar-refractivity contribution >= 4 is 17.2 Å². The monoisotopic (exact) mass is 766 g/mol. The third kappa shape index (κ3) is 7.52. The topological polar surface area (TPSA) is 122 Å². The molecule has 0 radical (unpaired) electrons. The van der Waals surface area contributed by atoms with Crippen molar-refractivity contribution in [3.05, 3.63) is 149 Å². The van der Waals surface area contributed by atoms with Gasteiger partial charge >= 0.3 is 5.69 Å². The molecule has 2 aliphatic rings. The highest BCUT2D eigenvalue weighted by Gasteiger charge is 2.46. The van der Waals surface area contributed by atoms with E-state index in [1.165, 1.54) is 58.6 Å². The summed E-state index contributed by atoms with van der Waals surface area (Å²) in [6.07, 6.45) is 3.68. The predicted octanol–water partition coefficient (Wildman–Crippen LogP) is 5.16. The van der Waals surface area contributed by atoms with Crippen molar-refractivity contribution in [2.75, 3.05) is 49.2 Å². The second-order valence-corrected chi connectivity index (χ2v) is 13.6. The Hall–Kier alpha value is -6.26. The number of halogens is 3. The van der Waals surface area contributed by atoms with Gasteiger partial charge in [-0.2, -0.15) is 10.2 Å². The van der Waals surface area contributed by atoms with E-state index in [2.05, 4.69) is 25.0 Å². The van der Waals surface area contributed by atoms with Crippen molar-refractivity contribution in [3.8, 4) is 11.4 Å². The van der Waals surface area contributed by atoms with Gasteiger partial charge in [0.1, 0.15) is 67.5 Å². The van der Waals surface area contributed by atoms with Crippen LogP contribution in [0.4, 0.5) is 24.5 Å². The molecular weight excluding hydrogens is 729 g/mol. The summed E-state index contributed by atoms with van der Waals surface area (Å²) in [4.78, 5) is 34.6. The highest BCUT2D eigenvalue weighted by Crippen LogP contribution is 2.38. The largest absolute Gasteiger partial charge is 0.491 e. The minimum atomic E-state index is -1.54. The SMILES string of the molecule is CC(C(=O)c1ccc(F)cc1)n1ncn(-c2ccc(N3CCN(c4ccc(OCC5COC(Cn6cncn6)(c6ccc(F)cc6F)O5)cc4)CC3)cc2)c1=O. The maximum absolute atomic E-state index is 14.9. The van der Waals surface area contributed by atoms with E-state index in [0.29, 0.717) is 17.0 Å². The number of ether oxygens (including phenoxy) is 3. The average molecular weight is 767 g/mol. The number of anilines is 2. The van der Waals surface area contributed by atoms with E-state index < -0.39 is 41.1 Å². The number of piperazine rings is 1. The van der Waals surface area contributed by atoms with E-state index >= 15 is 0 Å². The molecule has 4 heterocycles. The molecule has 0 amide bonds. The van der Waals surface area contributed by atoms with Gasteiger partial charge in [-0.25, -0.2) is 36.9 Å². The maximum Gasteiger partial charge on any atom is 0.351 e. The lowest BCUT2D eigenvalue weighted by molar-refractivity contribution is -0.192. The minimum absolute atomic E-state index is 0.0125. The molecule has 0 bridgehead atoms. The van der Waals surface area contributed by atoms with E-state index in [0.717, 1.165) is 54.4 Å². The first-order valence-electron chi connectivity index (χ1n) is 18.0. The van der Waals surface area contributed by atoms with E-state index in [1.807, 2.05) is 48.5 Å². The first kappa shape index (κ1) is 36.7. The van der Waals surface area contributed by atoms with Crippen LogP contribution in [0, 0.1) is 17.5 Å². The van der Waals surface area contributed by atoms with Gasteiger partial charge < -0.3 is 24.0 Å². The summed E-state index contributed by atoms with van der Waals surface area (Å²) in [5, 5.41) is 8.28. The van der Waals surface area contributed by atoms with Crippen LogP contribution in [0.3, 0.4) is 0 Å². The van der Waals surface area contributed by atoms with Crippen LogP contribution in [0.15, 0.2) is 115 Å². The van der Waals surface area contributed by atoms with Gasteiger partial charge in [0.2, 0.25) is 5.79 Å². The standard InChI is InChI=1S/C40H37F3N8O5/c1-27(38(52)28-2-4-29(41)5-3-28)51-39(53)50(26-46-51)33-9-7-31(8-10-33)47-16-18-48(19-17-47)32-11-13-34(14-12-32)54-21-35-22-55-40(56-35,23-49-25-44-24-45-49)36-15-6-30(42)20-37(36)43/h2-15,20,24-27,35H,16-19,21-23H2,1H3. The summed E-state index contributed by atoms with van der Waals surface area (Å²) < 4.78 is 64.2. The second-order valence-electron chi connectivity index (χ2n) is 13.6. The molecule has 3 atom stereocenters. The molecule has 3 unspecified atom stereocenters. The minimum Gasteiger partial charge on any atom is -0.491 e. The number of rotatable bonds is 12. The van der Waals surface area contributed by atoms with Crippen LogP contribution < -0.4 is 20.2 Å². The highest BCUT2D eigenvalue weighted by molar-refractivity contribution is 5.98. The Kier molecular flexibility index (Phi) is 10.1. The Morgan fingerprint density at radius 3 is 2.12 bits per heavy atom. The zero-order valence-electron chi connectivity index (χ0n) is 30.2. The molecular formula is C40H37F3N8O5. The number of Topliss-reactive ketones (excluding diaryl/α,β-unsaturated/α-hetero) is 1. The third-order valence-electron chi connectivity index (χ3n) is 10.0. The van der Waals surface area contributed by atoms with Crippen molar-refractivity contribution in [2.45, 2.75) is 31.4 Å². The molecule has 0 spiro atoms. The zero-order valence-corrected chi connectivity index (χ0v) is 30.2. The predicted molar refractivity (Wildman–Crippen MR) is 199 cm³/mol. The molecule has 288 valence electrons. The molecule has 13 nitrogen and oxygen atoms in total. The van der Waals surface area contributed by atoms with Crippen molar-refractivity contribution < 1.29 is 32.2 Å². The van der Waals surface area contributed by atoms with Crippen LogP contribution in [0.25, 0.3) is 5.69 Å². The van der Waals surface area contributed by atoms with E-state index in [-0.39, 0.29) is 31.1 Å².